The number of aryl methyl sites for hydroxylation is 1. The zero-order valence-electron chi connectivity index (χ0n) is 28.5. The molecule has 4 aliphatic rings. The summed E-state index contributed by atoms with van der Waals surface area (Å²) >= 11 is 12.0. The van der Waals surface area contributed by atoms with Gasteiger partial charge in [0.15, 0.2) is 17.2 Å². The number of fused-ring (bicyclic) bond motifs is 5. The van der Waals surface area contributed by atoms with Crippen LogP contribution in [0, 0.1) is 35.5 Å². The van der Waals surface area contributed by atoms with Gasteiger partial charge < -0.3 is 14.4 Å². The average molecular weight is 687 g/mol. The van der Waals surface area contributed by atoms with Gasteiger partial charge in [0.25, 0.3) is 0 Å². The zero-order valence-corrected chi connectivity index (χ0v) is 30.0. The highest BCUT2D eigenvalue weighted by Crippen LogP contribution is 2.67. The van der Waals surface area contributed by atoms with Crippen LogP contribution in [0.25, 0.3) is 0 Å². The van der Waals surface area contributed by atoms with Gasteiger partial charge in [-0.2, -0.15) is 0 Å². The third-order valence-corrected chi connectivity index (χ3v) is 12.4. The second kappa shape index (κ2) is 14.1. The largest absolute Gasteiger partial charge is 0.462 e. The van der Waals surface area contributed by atoms with Crippen molar-refractivity contribution >= 4 is 52.4 Å². The van der Waals surface area contributed by atoms with Crippen molar-refractivity contribution in [3.63, 3.8) is 0 Å². The summed E-state index contributed by atoms with van der Waals surface area (Å²) in [7, 11) is 0. The first-order valence-electron chi connectivity index (χ1n) is 17.1. The Hall–Kier alpha value is -2.64. The monoisotopic (exact) mass is 685 g/mol. The maximum Gasteiger partial charge on any atom is 0.338 e. The number of hydrogen-bond acceptors (Lipinski definition) is 7. The molecule has 47 heavy (non-hydrogen) atoms. The smallest absolute Gasteiger partial charge is 0.338 e. The summed E-state index contributed by atoms with van der Waals surface area (Å²) in [5.74, 6) is 0.939. The fraction of sp³-hybridized carbons (Fsp3) is 0.632. The standard InChI is InChI=1S/C38H49Cl2NO6/c1-24-8-9-27(22-33(24)41(18-16-39)19-17-40)35(45)46-20-6-7-34(44)47-38(26(3)42)15-12-31-29-21-25(2)32-23-28(43)10-13-36(32,4)30(29)11-14-37(31,38)5/h8-9,21-23,29-31H,6-7,10-20H2,1-5H3/t29-,30+,31+,36-,37+,38+/m1/s1. The van der Waals surface area contributed by atoms with Gasteiger partial charge in [0.05, 0.1) is 12.2 Å². The maximum absolute atomic E-state index is 13.4. The van der Waals surface area contributed by atoms with Crippen molar-refractivity contribution in [2.45, 2.75) is 91.6 Å². The van der Waals surface area contributed by atoms with Gasteiger partial charge in [0.1, 0.15) is 0 Å². The molecule has 1 aromatic carbocycles. The molecule has 1 aromatic rings. The third-order valence-electron chi connectivity index (χ3n) is 12.1. The number of ketones is 2. The van der Waals surface area contributed by atoms with Gasteiger partial charge in [-0.15, -0.1) is 23.2 Å². The summed E-state index contributed by atoms with van der Waals surface area (Å²) in [6.07, 6.45) is 9.02. The predicted molar refractivity (Wildman–Crippen MR) is 185 cm³/mol. The first-order valence-corrected chi connectivity index (χ1v) is 18.2. The summed E-state index contributed by atoms with van der Waals surface area (Å²) in [6.45, 7) is 11.4. The first-order chi connectivity index (χ1) is 22.3. The van der Waals surface area contributed by atoms with Crippen molar-refractivity contribution < 1.29 is 28.7 Å². The number of esters is 2. The van der Waals surface area contributed by atoms with Gasteiger partial charge in [0.2, 0.25) is 0 Å². The van der Waals surface area contributed by atoms with Crippen LogP contribution in [0.1, 0.15) is 95.0 Å². The molecule has 6 atom stereocenters. The lowest BCUT2D eigenvalue weighted by Crippen LogP contribution is -2.58. The molecular weight excluding hydrogens is 637 g/mol. The molecule has 0 aliphatic heterocycles. The molecule has 0 unspecified atom stereocenters. The zero-order chi connectivity index (χ0) is 34.1. The maximum atomic E-state index is 13.4. The highest BCUT2D eigenvalue weighted by Gasteiger charge is 2.67. The number of benzene rings is 1. The van der Waals surface area contributed by atoms with E-state index in [1.54, 1.807) is 19.1 Å². The van der Waals surface area contributed by atoms with Crippen LogP contribution in [0.5, 0.6) is 0 Å². The Morgan fingerprint density at radius 1 is 1.00 bits per heavy atom. The topological polar surface area (TPSA) is 90.0 Å². The molecule has 0 aromatic heterocycles. The van der Waals surface area contributed by atoms with Crippen molar-refractivity contribution in [1.82, 2.24) is 0 Å². The molecular formula is C38H49Cl2NO6. The number of ether oxygens (including phenoxy) is 2. The minimum atomic E-state index is -1.17. The van der Waals surface area contributed by atoms with E-state index in [1.807, 2.05) is 24.0 Å². The molecule has 0 bridgehead atoms. The van der Waals surface area contributed by atoms with E-state index in [9.17, 15) is 19.2 Å². The molecule has 7 nitrogen and oxygen atoms in total. The second-order valence-electron chi connectivity index (χ2n) is 14.5. The van der Waals surface area contributed by atoms with Crippen molar-refractivity contribution in [2.75, 3.05) is 36.4 Å². The minimum Gasteiger partial charge on any atom is -0.462 e. The minimum absolute atomic E-state index is 0.0484. The van der Waals surface area contributed by atoms with Crippen molar-refractivity contribution in [2.24, 2.45) is 28.6 Å². The van der Waals surface area contributed by atoms with Crippen molar-refractivity contribution in [3.05, 3.63) is 52.6 Å². The number of rotatable bonds is 12. The van der Waals surface area contributed by atoms with Crippen LogP contribution in [-0.4, -0.2) is 60.6 Å². The fourth-order valence-electron chi connectivity index (χ4n) is 9.58. The van der Waals surface area contributed by atoms with E-state index >= 15 is 0 Å². The lowest BCUT2D eigenvalue weighted by Gasteiger charge is -2.58. The number of alkyl halides is 2. The van der Waals surface area contributed by atoms with E-state index in [0.29, 0.717) is 55.6 Å². The van der Waals surface area contributed by atoms with Gasteiger partial charge in [-0.05, 0) is 112 Å². The predicted octanol–water partition coefficient (Wildman–Crippen LogP) is 7.79. The Labute approximate surface area is 289 Å². The first kappa shape index (κ1) is 35.7. The molecule has 0 heterocycles. The van der Waals surface area contributed by atoms with Crippen LogP contribution in [0.3, 0.4) is 0 Å². The number of carbonyl (C=O) groups is 4. The van der Waals surface area contributed by atoms with Crippen molar-refractivity contribution in [1.29, 1.82) is 0 Å². The van der Waals surface area contributed by atoms with Crippen LogP contribution >= 0.6 is 23.2 Å². The Bertz CT molecular complexity index is 1480. The van der Waals surface area contributed by atoms with Gasteiger partial charge in [-0.1, -0.05) is 31.6 Å². The summed E-state index contributed by atoms with van der Waals surface area (Å²) < 4.78 is 11.8. The quantitative estimate of drug-likeness (QED) is 0.126. The van der Waals surface area contributed by atoms with Gasteiger partial charge in [0, 0.05) is 48.8 Å². The summed E-state index contributed by atoms with van der Waals surface area (Å²) in [5.41, 5.74) is 2.95. The van der Waals surface area contributed by atoms with E-state index in [1.165, 1.54) is 11.1 Å². The van der Waals surface area contributed by atoms with Gasteiger partial charge in [-0.3, -0.25) is 14.4 Å². The number of hydrogen-bond donors (Lipinski definition) is 0. The van der Waals surface area contributed by atoms with Crippen LogP contribution in [-0.2, 0) is 23.9 Å². The Balaban J connectivity index is 1.22. The third kappa shape index (κ3) is 6.44. The lowest BCUT2D eigenvalue weighted by atomic mass is 9.47. The molecule has 0 spiro atoms. The normalized spacial score (nSPS) is 31.1. The molecule has 2 fully saturated rings. The van der Waals surface area contributed by atoms with E-state index in [-0.39, 0.29) is 41.8 Å². The van der Waals surface area contributed by atoms with Crippen LogP contribution < -0.4 is 4.90 Å². The average Bonchev–Trinajstić information content (AvgIpc) is 3.33. The number of halogens is 2. The molecule has 5 rings (SSSR count). The van der Waals surface area contributed by atoms with E-state index in [0.717, 1.165) is 36.9 Å². The molecule has 256 valence electrons. The van der Waals surface area contributed by atoms with Crippen LogP contribution in [0.2, 0.25) is 0 Å². The lowest BCUT2D eigenvalue weighted by molar-refractivity contribution is -0.187. The molecule has 0 saturated heterocycles. The second-order valence-corrected chi connectivity index (χ2v) is 15.3. The Kier molecular flexibility index (Phi) is 10.7. The molecule has 9 heteroatoms. The van der Waals surface area contributed by atoms with Gasteiger partial charge >= 0.3 is 11.9 Å². The molecule has 2 saturated carbocycles. The highest BCUT2D eigenvalue weighted by molar-refractivity contribution is 6.18. The SMILES string of the molecule is CC(=O)[C@@]1(OC(=O)CCCOC(=O)c2ccc(C)c(N(CCCl)CCCl)c2)CC[C@H]2[C@@H]3C=C(C)C4=CC(=O)CC[C@]4(C)[C@H]3CC[C@@]21C. The van der Waals surface area contributed by atoms with E-state index in [2.05, 4.69) is 26.8 Å². The van der Waals surface area contributed by atoms with Crippen LogP contribution in [0.4, 0.5) is 5.69 Å². The number of nitrogens with zero attached hydrogens (tertiary/aromatic N) is 1. The summed E-state index contributed by atoms with van der Waals surface area (Å²) in [6, 6.07) is 5.40. The van der Waals surface area contributed by atoms with E-state index in [4.69, 9.17) is 32.7 Å². The van der Waals surface area contributed by atoms with Gasteiger partial charge in [-0.25, -0.2) is 4.79 Å². The fourth-order valence-corrected chi connectivity index (χ4v) is 9.98. The Morgan fingerprint density at radius 2 is 1.70 bits per heavy atom. The summed E-state index contributed by atoms with van der Waals surface area (Å²) in [4.78, 5) is 54.0. The number of anilines is 1. The highest BCUT2D eigenvalue weighted by atomic mass is 35.5. The number of Topliss-reactive ketones (excluding diaryl/α,β-unsaturated/α-hetero) is 1. The molecule has 0 amide bonds. The Morgan fingerprint density at radius 3 is 2.38 bits per heavy atom. The number of allylic oxidation sites excluding steroid dienone is 4. The summed E-state index contributed by atoms with van der Waals surface area (Å²) in [5, 5.41) is 0. The number of carbonyl (C=O) groups excluding carboxylic acids is 4. The molecule has 0 N–H and O–H groups in total. The van der Waals surface area contributed by atoms with Crippen LogP contribution in [0.15, 0.2) is 41.5 Å². The van der Waals surface area contributed by atoms with Crippen molar-refractivity contribution in [3.8, 4) is 0 Å². The molecule has 0 radical (unpaired) electrons. The molecule has 4 aliphatic carbocycles. The van der Waals surface area contributed by atoms with E-state index < -0.39 is 23.0 Å².